The standard InChI is InChI=1S/C6H8F2/c1-3-6(8)4-5(2)7/h3-4H,1-2H3/b5-4-,6-3-. The van der Waals surface area contributed by atoms with Gasteiger partial charge < -0.3 is 0 Å². The van der Waals surface area contributed by atoms with Crippen LogP contribution in [0.25, 0.3) is 0 Å². The van der Waals surface area contributed by atoms with Crippen molar-refractivity contribution in [2.75, 3.05) is 0 Å². The first-order valence-corrected chi connectivity index (χ1v) is 2.32. The normalized spacial score (nSPS) is 14.5. The number of halogens is 2. The van der Waals surface area contributed by atoms with Gasteiger partial charge in [-0.2, -0.15) is 0 Å². The van der Waals surface area contributed by atoms with E-state index in [1.807, 2.05) is 0 Å². The first kappa shape index (κ1) is 7.34. The maximum absolute atomic E-state index is 11.9. The lowest BCUT2D eigenvalue weighted by Crippen LogP contribution is -1.63. The highest BCUT2D eigenvalue weighted by atomic mass is 19.1. The molecule has 0 aromatic heterocycles. The summed E-state index contributed by atoms with van der Waals surface area (Å²) >= 11 is 0. The predicted octanol–water partition coefficient (Wildman–Crippen LogP) is 2.73. The lowest BCUT2D eigenvalue weighted by Gasteiger charge is -1.81. The molecule has 0 aliphatic heterocycles. The van der Waals surface area contributed by atoms with E-state index in [0.29, 0.717) is 0 Å². The van der Waals surface area contributed by atoms with Crippen LogP contribution < -0.4 is 0 Å². The van der Waals surface area contributed by atoms with Gasteiger partial charge in [-0.3, -0.25) is 0 Å². The van der Waals surface area contributed by atoms with Gasteiger partial charge in [-0.25, -0.2) is 8.78 Å². The summed E-state index contributed by atoms with van der Waals surface area (Å²) in [6.07, 6.45) is 2.03. The third kappa shape index (κ3) is 3.53. The zero-order valence-electron chi connectivity index (χ0n) is 4.91. The van der Waals surface area contributed by atoms with Gasteiger partial charge in [0.1, 0.15) is 5.83 Å². The highest BCUT2D eigenvalue weighted by molar-refractivity contribution is 5.11. The Bertz CT molecular complexity index is 118. The molecule has 0 unspecified atom stereocenters. The van der Waals surface area contributed by atoms with Crippen LogP contribution in [0.15, 0.2) is 23.8 Å². The Balaban J connectivity index is 3.89. The molecule has 0 saturated heterocycles. The first-order chi connectivity index (χ1) is 3.66. The van der Waals surface area contributed by atoms with Crippen molar-refractivity contribution in [1.82, 2.24) is 0 Å². The highest BCUT2D eigenvalue weighted by Crippen LogP contribution is 2.02. The van der Waals surface area contributed by atoms with Gasteiger partial charge in [-0.05, 0) is 13.8 Å². The fraction of sp³-hybridized carbons (Fsp3) is 0.333. The van der Waals surface area contributed by atoms with Crippen LogP contribution in [0.1, 0.15) is 13.8 Å². The molecule has 0 heterocycles. The minimum Gasteiger partial charge on any atom is -0.212 e. The Kier molecular flexibility index (Phi) is 3.08. The van der Waals surface area contributed by atoms with Crippen molar-refractivity contribution < 1.29 is 8.78 Å². The van der Waals surface area contributed by atoms with Crippen LogP contribution in [-0.2, 0) is 0 Å². The Morgan fingerprint density at radius 3 is 2.00 bits per heavy atom. The summed E-state index contributed by atoms with van der Waals surface area (Å²) in [6, 6.07) is 0. The molecule has 0 aromatic rings. The van der Waals surface area contributed by atoms with Crippen LogP contribution >= 0.6 is 0 Å². The van der Waals surface area contributed by atoms with Crippen LogP contribution in [0.5, 0.6) is 0 Å². The molecule has 0 amide bonds. The topological polar surface area (TPSA) is 0 Å². The first-order valence-electron chi connectivity index (χ1n) is 2.32. The molecule has 0 radical (unpaired) electrons. The van der Waals surface area contributed by atoms with Crippen molar-refractivity contribution in [3.8, 4) is 0 Å². The smallest absolute Gasteiger partial charge is 0.121 e. The van der Waals surface area contributed by atoms with Gasteiger partial charge >= 0.3 is 0 Å². The summed E-state index contributed by atoms with van der Waals surface area (Å²) in [6.45, 7) is 2.71. The largest absolute Gasteiger partial charge is 0.212 e. The van der Waals surface area contributed by atoms with Crippen molar-refractivity contribution in [3.63, 3.8) is 0 Å². The molecule has 0 aliphatic rings. The number of hydrogen-bond donors (Lipinski definition) is 0. The lowest BCUT2D eigenvalue weighted by atomic mass is 10.4. The fourth-order valence-corrected chi connectivity index (χ4v) is 0.273. The molecular formula is C6H8F2. The minimum atomic E-state index is -0.537. The molecule has 0 atom stereocenters. The van der Waals surface area contributed by atoms with E-state index >= 15 is 0 Å². The maximum Gasteiger partial charge on any atom is 0.121 e. The van der Waals surface area contributed by atoms with E-state index < -0.39 is 11.7 Å². The molecule has 0 nitrogen and oxygen atoms in total. The van der Waals surface area contributed by atoms with Crippen LogP contribution in [0.2, 0.25) is 0 Å². The van der Waals surface area contributed by atoms with Gasteiger partial charge in [0.25, 0.3) is 0 Å². The summed E-state index contributed by atoms with van der Waals surface area (Å²) in [7, 11) is 0. The summed E-state index contributed by atoms with van der Waals surface area (Å²) < 4.78 is 23.6. The molecule has 0 spiro atoms. The zero-order valence-corrected chi connectivity index (χ0v) is 4.91. The Labute approximate surface area is 47.5 Å². The van der Waals surface area contributed by atoms with Crippen LogP contribution in [0.4, 0.5) is 8.78 Å². The molecule has 46 valence electrons. The average molecular weight is 118 g/mol. The van der Waals surface area contributed by atoms with E-state index in [2.05, 4.69) is 0 Å². The molecule has 0 aliphatic carbocycles. The average Bonchev–Trinajstić information content (AvgIpc) is 1.65. The monoisotopic (exact) mass is 118 g/mol. The quantitative estimate of drug-likeness (QED) is 0.464. The van der Waals surface area contributed by atoms with E-state index in [4.69, 9.17) is 0 Å². The van der Waals surface area contributed by atoms with E-state index in [1.165, 1.54) is 19.9 Å². The highest BCUT2D eigenvalue weighted by Gasteiger charge is 1.85. The second kappa shape index (κ2) is 3.36. The van der Waals surface area contributed by atoms with Crippen molar-refractivity contribution in [2.24, 2.45) is 0 Å². The van der Waals surface area contributed by atoms with Crippen LogP contribution in [0.3, 0.4) is 0 Å². The van der Waals surface area contributed by atoms with Crippen molar-refractivity contribution >= 4 is 0 Å². The molecule has 0 fully saturated rings. The zero-order chi connectivity index (χ0) is 6.57. The van der Waals surface area contributed by atoms with Gasteiger partial charge in [0.05, 0.1) is 5.83 Å². The number of hydrogen-bond acceptors (Lipinski definition) is 0. The van der Waals surface area contributed by atoms with Crippen LogP contribution in [0, 0.1) is 0 Å². The Morgan fingerprint density at radius 1 is 1.38 bits per heavy atom. The molecule has 0 aromatic carbocycles. The van der Waals surface area contributed by atoms with E-state index in [-0.39, 0.29) is 0 Å². The van der Waals surface area contributed by atoms with Crippen molar-refractivity contribution in [1.29, 1.82) is 0 Å². The van der Waals surface area contributed by atoms with Gasteiger partial charge in [0.2, 0.25) is 0 Å². The Hall–Kier alpha value is -0.660. The molecule has 0 rings (SSSR count). The SMILES string of the molecule is C/C=C(F)/C=C(/C)F. The van der Waals surface area contributed by atoms with Crippen LogP contribution in [-0.4, -0.2) is 0 Å². The van der Waals surface area contributed by atoms with Gasteiger partial charge in [0.15, 0.2) is 0 Å². The molecule has 0 bridgehead atoms. The molecule has 0 saturated carbocycles. The van der Waals surface area contributed by atoms with Gasteiger partial charge in [-0.1, -0.05) is 6.08 Å². The van der Waals surface area contributed by atoms with Crippen molar-refractivity contribution in [3.05, 3.63) is 23.8 Å². The second-order valence-electron chi connectivity index (χ2n) is 1.40. The summed E-state index contributed by atoms with van der Waals surface area (Å²) in [5.74, 6) is -1.05. The minimum absolute atomic E-state index is 0.513. The maximum atomic E-state index is 11.9. The van der Waals surface area contributed by atoms with E-state index in [9.17, 15) is 8.78 Å². The third-order valence-electron chi connectivity index (χ3n) is 0.613. The van der Waals surface area contributed by atoms with Gasteiger partial charge in [-0.15, -0.1) is 0 Å². The van der Waals surface area contributed by atoms with E-state index in [1.54, 1.807) is 0 Å². The molecule has 0 N–H and O–H groups in total. The summed E-state index contributed by atoms with van der Waals surface area (Å²) in [5, 5.41) is 0. The van der Waals surface area contributed by atoms with Gasteiger partial charge in [0, 0.05) is 6.08 Å². The number of rotatable bonds is 1. The fourth-order valence-electron chi connectivity index (χ4n) is 0.273. The Morgan fingerprint density at radius 2 is 1.88 bits per heavy atom. The predicted molar refractivity (Wildman–Crippen MR) is 29.7 cm³/mol. The summed E-state index contributed by atoms with van der Waals surface area (Å²) in [5.41, 5.74) is 0. The van der Waals surface area contributed by atoms with Crippen molar-refractivity contribution in [2.45, 2.75) is 13.8 Å². The number of allylic oxidation sites excluding steroid dienone is 4. The lowest BCUT2D eigenvalue weighted by molar-refractivity contribution is 0.614. The third-order valence-corrected chi connectivity index (χ3v) is 0.613. The molecule has 2 heteroatoms. The van der Waals surface area contributed by atoms with E-state index in [0.717, 1.165) is 6.08 Å². The summed E-state index contributed by atoms with van der Waals surface area (Å²) in [4.78, 5) is 0. The molecule has 8 heavy (non-hydrogen) atoms. The second-order valence-corrected chi connectivity index (χ2v) is 1.40. The molecular weight excluding hydrogens is 110 g/mol.